The first-order valence-electron chi connectivity index (χ1n) is 8.70. The second-order valence-electron chi connectivity index (χ2n) is 5.91. The van der Waals surface area contributed by atoms with Gasteiger partial charge in [-0.2, -0.15) is 0 Å². The van der Waals surface area contributed by atoms with Crippen molar-refractivity contribution in [3.63, 3.8) is 0 Å². The molecule has 1 atom stereocenters. The fourth-order valence-corrected chi connectivity index (χ4v) is 2.71. The molecule has 0 bridgehead atoms. The summed E-state index contributed by atoms with van der Waals surface area (Å²) in [5.41, 5.74) is 1.10. The van der Waals surface area contributed by atoms with E-state index in [0.29, 0.717) is 12.5 Å². The summed E-state index contributed by atoms with van der Waals surface area (Å²) in [5.74, 6) is 1.40. The Labute approximate surface area is 172 Å². The largest absolute Gasteiger partial charge is 0.381 e. The van der Waals surface area contributed by atoms with E-state index >= 15 is 0 Å². The number of halogens is 2. The Morgan fingerprint density at radius 1 is 1.40 bits per heavy atom. The topological polar surface area (TPSA) is 54.9 Å². The minimum atomic E-state index is 0. The average molecular weight is 482 g/mol. The van der Waals surface area contributed by atoms with E-state index < -0.39 is 0 Å². The van der Waals surface area contributed by atoms with Gasteiger partial charge in [-0.1, -0.05) is 23.7 Å². The molecule has 1 aliphatic heterocycles. The van der Waals surface area contributed by atoms with Gasteiger partial charge in [0.05, 0.1) is 19.8 Å². The molecule has 1 saturated heterocycles. The number of nitrogens with one attached hydrogen (secondary N) is 2. The lowest BCUT2D eigenvalue weighted by molar-refractivity contribution is 0.0888. The zero-order chi connectivity index (χ0) is 17.0. The zero-order valence-electron chi connectivity index (χ0n) is 14.8. The van der Waals surface area contributed by atoms with Crippen molar-refractivity contribution in [2.45, 2.75) is 26.3 Å². The van der Waals surface area contributed by atoms with Gasteiger partial charge >= 0.3 is 0 Å². The number of rotatable bonds is 9. The lowest BCUT2D eigenvalue weighted by Gasteiger charge is -2.12. The summed E-state index contributed by atoms with van der Waals surface area (Å²) in [6.45, 7) is 7.63. The van der Waals surface area contributed by atoms with Crippen molar-refractivity contribution in [2.75, 3.05) is 39.5 Å². The molecule has 1 aromatic carbocycles. The highest BCUT2D eigenvalue weighted by Crippen LogP contribution is 2.12. The van der Waals surface area contributed by atoms with Crippen LogP contribution in [0.2, 0.25) is 5.02 Å². The molecule has 142 valence electrons. The van der Waals surface area contributed by atoms with Crippen LogP contribution in [0.1, 0.15) is 25.3 Å². The molecule has 0 radical (unpaired) electrons. The molecule has 5 nitrogen and oxygen atoms in total. The predicted octanol–water partition coefficient (Wildman–Crippen LogP) is 3.46. The van der Waals surface area contributed by atoms with Crippen molar-refractivity contribution in [2.24, 2.45) is 10.9 Å². The third-order valence-electron chi connectivity index (χ3n) is 3.79. The van der Waals surface area contributed by atoms with E-state index in [9.17, 15) is 0 Å². The summed E-state index contributed by atoms with van der Waals surface area (Å²) in [7, 11) is 0. The van der Waals surface area contributed by atoms with E-state index in [1.165, 1.54) is 0 Å². The molecule has 1 fully saturated rings. The molecule has 2 rings (SSSR count). The predicted molar refractivity (Wildman–Crippen MR) is 114 cm³/mol. The van der Waals surface area contributed by atoms with Gasteiger partial charge in [0.2, 0.25) is 0 Å². The van der Waals surface area contributed by atoms with E-state index in [2.05, 4.69) is 22.5 Å². The first-order valence-corrected chi connectivity index (χ1v) is 9.08. The number of aliphatic imine (C=N–C) groups is 1. The Balaban J connectivity index is 0.00000312. The van der Waals surface area contributed by atoms with Crippen molar-refractivity contribution in [3.05, 3.63) is 34.9 Å². The third kappa shape index (κ3) is 9.63. The summed E-state index contributed by atoms with van der Waals surface area (Å²) in [5, 5.41) is 7.33. The summed E-state index contributed by atoms with van der Waals surface area (Å²) in [6, 6.07) is 7.78. The van der Waals surface area contributed by atoms with Crippen LogP contribution in [0.15, 0.2) is 29.3 Å². The lowest BCUT2D eigenvalue weighted by Crippen LogP contribution is -2.38. The van der Waals surface area contributed by atoms with E-state index in [1.54, 1.807) is 0 Å². The van der Waals surface area contributed by atoms with Gasteiger partial charge in [0.1, 0.15) is 0 Å². The van der Waals surface area contributed by atoms with Crippen LogP contribution in [-0.4, -0.2) is 45.5 Å². The Morgan fingerprint density at radius 3 is 3.00 bits per heavy atom. The molecule has 0 saturated carbocycles. The van der Waals surface area contributed by atoms with Crippen LogP contribution < -0.4 is 10.6 Å². The molecule has 1 heterocycles. The number of nitrogens with zero attached hydrogens (tertiary/aromatic N) is 1. The second-order valence-corrected chi connectivity index (χ2v) is 6.35. The van der Waals surface area contributed by atoms with Gasteiger partial charge in [0.25, 0.3) is 0 Å². The van der Waals surface area contributed by atoms with Gasteiger partial charge in [0.15, 0.2) is 5.96 Å². The molecule has 1 aliphatic rings. The Kier molecular flexibility index (Phi) is 12.2. The number of benzene rings is 1. The number of ether oxygens (including phenoxy) is 2. The Hall–Kier alpha value is -0.570. The van der Waals surface area contributed by atoms with Crippen LogP contribution in [-0.2, 0) is 16.0 Å². The molecule has 7 heteroatoms. The quantitative estimate of drug-likeness (QED) is 0.245. The second kappa shape index (κ2) is 13.6. The lowest BCUT2D eigenvalue weighted by atomic mass is 10.1. The Morgan fingerprint density at radius 2 is 2.28 bits per heavy atom. The normalized spacial score (nSPS) is 17.2. The summed E-state index contributed by atoms with van der Waals surface area (Å²) < 4.78 is 11.0. The van der Waals surface area contributed by atoms with Crippen molar-refractivity contribution < 1.29 is 9.47 Å². The average Bonchev–Trinajstić information content (AvgIpc) is 3.09. The fourth-order valence-electron chi connectivity index (χ4n) is 2.49. The van der Waals surface area contributed by atoms with E-state index in [1.807, 2.05) is 24.3 Å². The van der Waals surface area contributed by atoms with Crippen LogP contribution in [0, 0.1) is 5.92 Å². The maximum absolute atomic E-state index is 6.00. The fraction of sp³-hybridized carbons (Fsp3) is 0.611. The van der Waals surface area contributed by atoms with Gasteiger partial charge < -0.3 is 20.1 Å². The highest BCUT2D eigenvalue weighted by atomic mass is 127. The van der Waals surface area contributed by atoms with Crippen LogP contribution in [0.3, 0.4) is 0 Å². The van der Waals surface area contributed by atoms with Gasteiger partial charge in [-0.3, -0.25) is 0 Å². The number of hydrogen-bond donors (Lipinski definition) is 2. The number of hydrogen-bond acceptors (Lipinski definition) is 3. The van der Waals surface area contributed by atoms with Crippen LogP contribution in [0.4, 0.5) is 0 Å². The highest BCUT2D eigenvalue weighted by Gasteiger charge is 2.15. The monoisotopic (exact) mass is 481 g/mol. The standard InChI is InChI=1S/C18H28ClN3O2.HI/c1-2-20-18(22-12-15-5-3-6-17(19)11-15)21-8-4-9-23-13-16-7-10-24-14-16;/h3,5-6,11,16H,2,4,7-10,12-14H2,1H3,(H2,20,21,22);1H. The summed E-state index contributed by atoms with van der Waals surface area (Å²) >= 11 is 6.00. The molecule has 1 unspecified atom stereocenters. The minimum absolute atomic E-state index is 0. The van der Waals surface area contributed by atoms with Crippen molar-refractivity contribution >= 4 is 41.5 Å². The third-order valence-corrected chi connectivity index (χ3v) is 4.02. The molecule has 0 aliphatic carbocycles. The van der Waals surface area contributed by atoms with Gasteiger partial charge in [-0.25, -0.2) is 4.99 Å². The summed E-state index contributed by atoms with van der Waals surface area (Å²) in [4.78, 5) is 4.58. The molecule has 0 spiro atoms. The molecule has 0 aromatic heterocycles. The van der Waals surface area contributed by atoms with E-state index in [0.717, 1.165) is 68.9 Å². The van der Waals surface area contributed by atoms with Crippen LogP contribution >= 0.6 is 35.6 Å². The first kappa shape index (κ1) is 22.5. The first-order chi connectivity index (χ1) is 11.8. The van der Waals surface area contributed by atoms with Gasteiger partial charge in [0, 0.05) is 37.2 Å². The van der Waals surface area contributed by atoms with Crippen LogP contribution in [0.5, 0.6) is 0 Å². The molecular weight excluding hydrogens is 453 g/mol. The van der Waals surface area contributed by atoms with Crippen molar-refractivity contribution in [3.8, 4) is 0 Å². The number of guanidine groups is 1. The Bertz CT molecular complexity index is 511. The molecular formula is C18H29ClIN3O2. The smallest absolute Gasteiger partial charge is 0.191 e. The minimum Gasteiger partial charge on any atom is -0.381 e. The van der Waals surface area contributed by atoms with E-state index in [-0.39, 0.29) is 24.0 Å². The maximum atomic E-state index is 6.00. The molecule has 2 N–H and O–H groups in total. The maximum Gasteiger partial charge on any atom is 0.191 e. The van der Waals surface area contributed by atoms with Crippen LogP contribution in [0.25, 0.3) is 0 Å². The molecule has 0 amide bonds. The van der Waals surface area contributed by atoms with E-state index in [4.69, 9.17) is 21.1 Å². The van der Waals surface area contributed by atoms with Gasteiger partial charge in [-0.05, 0) is 37.5 Å². The van der Waals surface area contributed by atoms with Gasteiger partial charge in [-0.15, -0.1) is 24.0 Å². The zero-order valence-corrected chi connectivity index (χ0v) is 17.9. The molecule has 1 aromatic rings. The van der Waals surface area contributed by atoms with Crippen molar-refractivity contribution in [1.82, 2.24) is 10.6 Å². The highest BCUT2D eigenvalue weighted by molar-refractivity contribution is 14.0. The molecule has 25 heavy (non-hydrogen) atoms. The summed E-state index contributed by atoms with van der Waals surface area (Å²) in [6.07, 6.45) is 2.08. The SMILES string of the molecule is CCNC(=NCc1cccc(Cl)c1)NCCCOCC1CCOC1.I. The van der Waals surface area contributed by atoms with Crippen molar-refractivity contribution in [1.29, 1.82) is 0 Å².